The molecule has 0 aliphatic rings. The van der Waals surface area contributed by atoms with E-state index in [-0.39, 0.29) is 26.9 Å². The first-order chi connectivity index (χ1) is 9.76. The minimum absolute atomic E-state index is 0.0419. The lowest BCUT2D eigenvalue weighted by molar-refractivity contribution is 0.276. The molecular formula is C13H13ClFNO4S. The third-order valence-electron chi connectivity index (χ3n) is 2.93. The van der Waals surface area contributed by atoms with Crippen LogP contribution in [0.15, 0.2) is 27.5 Å². The van der Waals surface area contributed by atoms with Crippen molar-refractivity contribution < 1.29 is 22.3 Å². The molecule has 0 aliphatic heterocycles. The number of anilines is 1. The molecular weight excluding hydrogens is 321 g/mol. The average molecular weight is 334 g/mol. The van der Waals surface area contributed by atoms with Gasteiger partial charge in [-0.05, 0) is 32.0 Å². The quantitative estimate of drug-likeness (QED) is 0.901. The van der Waals surface area contributed by atoms with Crippen molar-refractivity contribution in [3.05, 3.63) is 46.1 Å². The molecule has 21 heavy (non-hydrogen) atoms. The van der Waals surface area contributed by atoms with E-state index in [1.807, 2.05) is 0 Å². The van der Waals surface area contributed by atoms with Crippen molar-refractivity contribution in [3.8, 4) is 0 Å². The van der Waals surface area contributed by atoms with Gasteiger partial charge < -0.3 is 9.52 Å². The van der Waals surface area contributed by atoms with Crippen LogP contribution in [0.1, 0.15) is 17.1 Å². The number of rotatable bonds is 4. The maximum atomic E-state index is 13.0. The molecule has 0 fully saturated rings. The molecule has 0 radical (unpaired) electrons. The molecule has 5 nitrogen and oxygen atoms in total. The fraction of sp³-hybridized carbons (Fsp3) is 0.231. The van der Waals surface area contributed by atoms with Crippen LogP contribution in [0.2, 0.25) is 5.02 Å². The molecule has 0 saturated carbocycles. The van der Waals surface area contributed by atoms with Crippen LogP contribution >= 0.6 is 11.6 Å². The van der Waals surface area contributed by atoms with Crippen LogP contribution in [-0.2, 0) is 16.6 Å². The largest absolute Gasteiger partial charge is 0.465 e. The van der Waals surface area contributed by atoms with Crippen LogP contribution in [0.4, 0.5) is 10.1 Å². The Morgan fingerprint density at radius 2 is 2.00 bits per heavy atom. The monoisotopic (exact) mass is 333 g/mol. The standard InChI is InChI=1S/C13H13ClFNO4S/c1-7-10(6-17)13(8(2)20-7)21(18,19)16-12-4-3-9(15)5-11(12)14/h3-5,16-17H,6H2,1-2H3. The minimum Gasteiger partial charge on any atom is -0.465 e. The highest BCUT2D eigenvalue weighted by molar-refractivity contribution is 7.92. The van der Waals surface area contributed by atoms with Gasteiger partial charge in [-0.25, -0.2) is 12.8 Å². The summed E-state index contributed by atoms with van der Waals surface area (Å²) in [5, 5.41) is 9.24. The van der Waals surface area contributed by atoms with Gasteiger partial charge in [-0.1, -0.05) is 11.6 Å². The zero-order valence-corrected chi connectivity index (χ0v) is 12.8. The molecule has 1 heterocycles. The number of aliphatic hydroxyl groups excluding tert-OH is 1. The van der Waals surface area contributed by atoms with E-state index >= 15 is 0 Å². The van der Waals surface area contributed by atoms with Gasteiger partial charge in [0.25, 0.3) is 10.0 Å². The van der Waals surface area contributed by atoms with E-state index in [1.165, 1.54) is 13.0 Å². The van der Waals surface area contributed by atoms with Crippen molar-refractivity contribution in [3.63, 3.8) is 0 Å². The number of furan rings is 1. The Hall–Kier alpha value is -1.57. The van der Waals surface area contributed by atoms with Crippen molar-refractivity contribution in [2.75, 3.05) is 4.72 Å². The summed E-state index contributed by atoms with van der Waals surface area (Å²) in [4.78, 5) is -0.136. The molecule has 114 valence electrons. The Labute approximate surface area is 126 Å². The van der Waals surface area contributed by atoms with E-state index in [9.17, 15) is 17.9 Å². The topological polar surface area (TPSA) is 79.5 Å². The maximum absolute atomic E-state index is 13.0. The molecule has 0 amide bonds. The lowest BCUT2D eigenvalue weighted by Gasteiger charge is -2.10. The minimum atomic E-state index is -4.01. The molecule has 1 aromatic carbocycles. The molecule has 2 aromatic rings. The van der Waals surface area contributed by atoms with Crippen molar-refractivity contribution in [1.29, 1.82) is 0 Å². The van der Waals surface area contributed by atoms with Crippen LogP contribution < -0.4 is 4.72 Å². The van der Waals surface area contributed by atoms with E-state index in [4.69, 9.17) is 16.0 Å². The summed E-state index contributed by atoms with van der Waals surface area (Å²) in [6.45, 7) is 2.56. The van der Waals surface area contributed by atoms with Crippen molar-refractivity contribution in [2.45, 2.75) is 25.3 Å². The Morgan fingerprint density at radius 1 is 1.33 bits per heavy atom. The number of sulfonamides is 1. The second-order valence-corrected chi connectivity index (χ2v) is 6.44. The number of hydrogen-bond donors (Lipinski definition) is 2. The van der Waals surface area contributed by atoms with Crippen molar-refractivity contribution in [2.24, 2.45) is 0 Å². The summed E-state index contributed by atoms with van der Waals surface area (Å²) in [6, 6.07) is 3.31. The first-order valence-electron chi connectivity index (χ1n) is 5.94. The van der Waals surface area contributed by atoms with Crippen LogP contribution in [-0.4, -0.2) is 13.5 Å². The Kier molecular flexibility index (Phi) is 4.27. The van der Waals surface area contributed by atoms with Gasteiger partial charge in [0.05, 0.1) is 17.3 Å². The average Bonchev–Trinajstić information content (AvgIpc) is 2.67. The Bertz CT molecular complexity index is 786. The number of aryl methyl sites for hydroxylation is 2. The van der Waals surface area contributed by atoms with Crippen LogP contribution in [0, 0.1) is 19.7 Å². The van der Waals surface area contributed by atoms with E-state index in [1.54, 1.807) is 6.92 Å². The second kappa shape index (κ2) is 5.67. The molecule has 0 spiro atoms. The summed E-state index contributed by atoms with van der Waals surface area (Å²) < 4.78 is 45.3. The first kappa shape index (κ1) is 15.8. The zero-order valence-electron chi connectivity index (χ0n) is 11.3. The molecule has 0 saturated heterocycles. The normalized spacial score (nSPS) is 11.7. The van der Waals surface area contributed by atoms with Gasteiger partial charge in [0.1, 0.15) is 22.2 Å². The number of hydrogen-bond acceptors (Lipinski definition) is 4. The predicted octanol–water partition coefficient (Wildman–Crippen LogP) is 2.98. The highest BCUT2D eigenvalue weighted by Crippen LogP contribution is 2.30. The summed E-state index contributed by atoms with van der Waals surface area (Å²) in [7, 11) is -4.01. The summed E-state index contributed by atoms with van der Waals surface area (Å²) >= 11 is 5.80. The molecule has 0 unspecified atom stereocenters. The number of aliphatic hydroxyl groups is 1. The van der Waals surface area contributed by atoms with E-state index in [0.717, 1.165) is 12.1 Å². The van der Waals surface area contributed by atoms with Gasteiger partial charge >= 0.3 is 0 Å². The second-order valence-electron chi connectivity index (χ2n) is 4.41. The fourth-order valence-electron chi connectivity index (χ4n) is 2.01. The number of halogens is 2. The lowest BCUT2D eigenvalue weighted by atomic mass is 10.2. The summed E-state index contributed by atoms with van der Waals surface area (Å²) in [5.74, 6) is -0.0998. The predicted molar refractivity (Wildman–Crippen MR) is 76.3 cm³/mol. The number of benzene rings is 1. The summed E-state index contributed by atoms with van der Waals surface area (Å²) in [6.07, 6.45) is 0. The van der Waals surface area contributed by atoms with Crippen LogP contribution in [0.5, 0.6) is 0 Å². The third-order valence-corrected chi connectivity index (χ3v) is 4.80. The molecule has 2 rings (SSSR count). The molecule has 8 heteroatoms. The smallest absolute Gasteiger partial charge is 0.265 e. The Morgan fingerprint density at radius 3 is 2.57 bits per heavy atom. The van der Waals surface area contributed by atoms with Crippen LogP contribution in [0.25, 0.3) is 0 Å². The molecule has 1 aromatic heterocycles. The van der Waals surface area contributed by atoms with E-state index in [2.05, 4.69) is 4.72 Å². The Balaban J connectivity index is 2.48. The van der Waals surface area contributed by atoms with Gasteiger partial charge in [-0.15, -0.1) is 0 Å². The van der Waals surface area contributed by atoms with Gasteiger partial charge in [-0.2, -0.15) is 0 Å². The van der Waals surface area contributed by atoms with Crippen molar-refractivity contribution >= 4 is 27.3 Å². The highest BCUT2D eigenvalue weighted by atomic mass is 35.5. The van der Waals surface area contributed by atoms with Gasteiger partial charge in [0.15, 0.2) is 0 Å². The lowest BCUT2D eigenvalue weighted by Crippen LogP contribution is -2.15. The highest BCUT2D eigenvalue weighted by Gasteiger charge is 2.27. The van der Waals surface area contributed by atoms with Gasteiger partial charge in [-0.3, -0.25) is 4.72 Å². The first-order valence-corrected chi connectivity index (χ1v) is 7.80. The van der Waals surface area contributed by atoms with Crippen molar-refractivity contribution in [1.82, 2.24) is 0 Å². The van der Waals surface area contributed by atoms with Gasteiger partial charge in [0.2, 0.25) is 0 Å². The SMILES string of the molecule is Cc1oc(C)c(S(=O)(=O)Nc2ccc(F)cc2Cl)c1CO. The molecule has 0 aliphatic carbocycles. The van der Waals surface area contributed by atoms with E-state index in [0.29, 0.717) is 5.76 Å². The number of nitrogens with one attached hydrogen (secondary N) is 1. The maximum Gasteiger partial charge on any atom is 0.265 e. The molecule has 0 atom stereocenters. The third kappa shape index (κ3) is 3.04. The zero-order chi connectivity index (χ0) is 15.8. The molecule has 2 N–H and O–H groups in total. The summed E-state index contributed by atoms with van der Waals surface area (Å²) in [5.41, 5.74) is 0.221. The fourth-order valence-corrected chi connectivity index (χ4v) is 3.81. The van der Waals surface area contributed by atoms with E-state index < -0.39 is 22.4 Å². The van der Waals surface area contributed by atoms with Crippen LogP contribution in [0.3, 0.4) is 0 Å². The van der Waals surface area contributed by atoms with Gasteiger partial charge in [0, 0.05) is 5.56 Å². The molecule has 0 bridgehead atoms.